The third-order valence-corrected chi connectivity index (χ3v) is 3.81. The van der Waals surface area contributed by atoms with Gasteiger partial charge in [0.25, 0.3) is 0 Å². The maximum atomic E-state index is 8.89. The van der Waals surface area contributed by atoms with Gasteiger partial charge in [0.2, 0.25) is 0 Å². The minimum atomic E-state index is 0.193. The summed E-state index contributed by atoms with van der Waals surface area (Å²) in [6.07, 6.45) is 0. The number of rotatable bonds is 2. The van der Waals surface area contributed by atoms with Gasteiger partial charge in [-0.3, -0.25) is 4.90 Å². The van der Waals surface area contributed by atoms with Gasteiger partial charge < -0.3 is 5.32 Å². The molecule has 0 bridgehead atoms. The topological polar surface area (TPSA) is 39.1 Å². The highest BCUT2D eigenvalue weighted by Gasteiger charge is 2.29. The first-order chi connectivity index (χ1) is 8.53. The molecule has 1 aliphatic heterocycles. The van der Waals surface area contributed by atoms with Crippen LogP contribution in [0.15, 0.2) is 18.2 Å². The van der Waals surface area contributed by atoms with E-state index >= 15 is 0 Å². The molecule has 0 radical (unpaired) electrons. The summed E-state index contributed by atoms with van der Waals surface area (Å²) in [7, 11) is 0. The van der Waals surface area contributed by atoms with E-state index in [-0.39, 0.29) is 5.54 Å². The van der Waals surface area contributed by atoms with Gasteiger partial charge >= 0.3 is 0 Å². The highest BCUT2D eigenvalue weighted by atomic mass is 15.2. The van der Waals surface area contributed by atoms with Crippen molar-refractivity contribution in [3.8, 4) is 6.07 Å². The third-order valence-electron chi connectivity index (χ3n) is 3.81. The summed E-state index contributed by atoms with van der Waals surface area (Å²) in [5.41, 5.74) is 3.47. The van der Waals surface area contributed by atoms with Crippen LogP contribution in [0.4, 0.5) is 0 Å². The van der Waals surface area contributed by atoms with Crippen molar-refractivity contribution in [1.29, 1.82) is 5.26 Å². The number of nitrogens with one attached hydrogen (secondary N) is 1. The van der Waals surface area contributed by atoms with Gasteiger partial charge in [0.1, 0.15) is 0 Å². The van der Waals surface area contributed by atoms with Crippen molar-refractivity contribution in [1.82, 2.24) is 10.2 Å². The van der Waals surface area contributed by atoms with Crippen molar-refractivity contribution in [2.45, 2.75) is 32.9 Å². The van der Waals surface area contributed by atoms with Gasteiger partial charge in [0, 0.05) is 31.7 Å². The fraction of sp³-hybridized carbons (Fsp3) is 0.533. The van der Waals surface area contributed by atoms with Crippen molar-refractivity contribution >= 4 is 0 Å². The van der Waals surface area contributed by atoms with Crippen LogP contribution in [0.2, 0.25) is 0 Å². The maximum Gasteiger partial charge on any atom is 0.0991 e. The molecule has 1 aliphatic rings. The Labute approximate surface area is 109 Å². The lowest BCUT2D eigenvalue weighted by molar-refractivity contribution is 0.0826. The Kier molecular flexibility index (Phi) is 3.70. The van der Waals surface area contributed by atoms with Crippen LogP contribution in [0.1, 0.15) is 30.5 Å². The summed E-state index contributed by atoms with van der Waals surface area (Å²) < 4.78 is 0. The molecule has 0 unspecified atom stereocenters. The second kappa shape index (κ2) is 5.09. The van der Waals surface area contributed by atoms with Crippen LogP contribution >= 0.6 is 0 Å². The molecule has 2 rings (SSSR count). The molecule has 0 atom stereocenters. The van der Waals surface area contributed by atoms with Crippen molar-refractivity contribution in [2.24, 2.45) is 0 Å². The molecule has 0 aliphatic carbocycles. The molecule has 1 heterocycles. The molecule has 1 aromatic rings. The summed E-state index contributed by atoms with van der Waals surface area (Å²) in [6.45, 7) is 10.8. The number of aryl methyl sites for hydroxylation is 1. The van der Waals surface area contributed by atoms with E-state index in [9.17, 15) is 0 Å². The Morgan fingerprint density at radius 3 is 2.83 bits per heavy atom. The first kappa shape index (κ1) is 13.1. The van der Waals surface area contributed by atoms with Crippen molar-refractivity contribution in [2.75, 3.05) is 19.6 Å². The lowest BCUT2D eigenvalue weighted by atomic mass is 9.97. The number of nitriles is 1. The second-order valence-electron chi connectivity index (χ2n) is 5.66. The molecule has 0 aromatic heterocycles. The maximum absolute atomic E-state index is 8.89. The van der Waals surface area contributed by atoms with Crippen LogP contribution in [0.5, 0.6) is 0 Å². The van der Waals surface area contributed by atoms with Gasteiger partial charge in [0.05, 0.1) is 11.6 Å². The molecule has 1 aromatic carbocycles. The van der Waals surface area contributed by atoms with Crippen LogP contribution in [-0.2, 0) is 6.54 Å². The zero-order chi connectivity index (χ0) is 13.2. The SMILES string of the molecule is Cc1cc(C#N)ccc1CN1CCNCC1(C)C. The summed E-state index contributed by atoms with van der Waals surface area (Å²) in [5, 5.41) is 12.3. The van der Waals surface area contributed by atoms with E-state index in [1.807, 2.05) is 12.1 Å². The number of hydrogen-bond acceptors (Lipinski definition) is 3. The van der Waals surface area contributed by atoms with E-state index in [0.29, 0.717) is 0 Å². The lowest BCUT2D eigenvalue weighted by Crippen LogP contribution is -2.57. The van der Waals surface area contributed by atoms with Gasteiger partial charge in [-0.15, -0.1) is 0 Å². The van der Waals surface area contributed by atoms with E-state index in [4.69, 9.17) is 5.26 Å². The molecular formula is C15H21N3. The fourth-order valence-electron chi connectivity index (χ4n) is 2.46. The Hall–Kier alpha value is -1.37. The number of nitrogens with zero attached hydrogens (tertiary/aromatic N) is 2. The predicted octanol–water partition coefficient (Wildman–Crippen LogP) is 2.05. The Balaban J connectivity index is 2.16. The van der Waals surface area contributed by atoms with Gasteiger partial charge in [-0.25, -0.2) is 0 Å². The largest absolute Gasteiger partial charge is 0.314 e. The summed E-state index contributed by atoms with van der Waals surface area (Å²) in [6, 6.07) is 8.17. The smallest absolute Gasteiger partial charge is 0.0991 e. The molecule has 0 saturated carbocycles. The summed E-state index contributed by atoms with van der Waals surface area (Å²) >= 11 is 0. The van der Waals surface area contributed by atoms with E-state index in [1.165, 1.54) is 11.1 Å². The molecular weight excluding hydrogens is 222 g/mol. The first-order valence-electron chi connectivity index (χ1n) is 6.48. The molecule has 3 heteroatoms. The minimum absolute atomic E-state index is 0.193. The molecule has 1 fully saturated rings. The Bertz CT molecular complexity index is 471. The van der Waals surface area contributed by atoms with Crippen molar-refractivity contribution < 1.29 is 0 Å². The van der Waals surface area contributed by atoms with E-state index < -0.39 is 0 Å². The van der Waals surface area contributed by atoms with Gasteiger partial charge in [0.15, 0.2) is 0 Å². The van der Waals surface area contributed by atoms with E-state index in [1.54, 1.807) is 0 Å². The van der Waals surface area contributed by atoms with Crippen LogP contribution in [0, 0.1) is 18.3 Å². The Morgan fingerprint density at radius 2 is 2.22 bits per heavy atom. The molecule has 18 heavy (non-hydrogen) atoms. The normalized spacial score (nSPS) is 19.4. The number of piperazine rings is 1. The van der Waals surface area contributed by atoms with Crippen molar-refractivity contribution in [3.63, 3.8) is 0 Å². The number of hydrogen-bond donors (Lipinski definition) is 1. The zero-order valence-electron chi connectivity index (χ0n) is 11.5. The highest BCUT2D eigenvalue weighted by molar-refractivity contribution is 5.37. The predicted molar refractivity (Wildman–Crippen MR) is 73.3 cm³/mol. The lowest BCUT2D eigenvalue weighted by Gasteiger charge is -2.43. The first-order valence-corrected chi connectivity index (χ1v) is 6.48. The quantitative estimate of drug-likeness (QED) is 0.864. The van der Waals surface area contributed by atoms with Crippen LogP contribution in [-0.4, -0.2) is 30.1 Å². The van der Waals surface area contributed by atoms with Gasteiger partial charge in [-0.2, -0.15) is 5.26 Å². The average Bonchev–Trinajstić information content (AvgIpc) is 2.33. The van der Waals surface area contributed by atoms with E-state index in [2.05, 4.69) is 43.1 Å². The van der Waals surface area contributed by atoms with Crippen LogP contribution in [0.3, 0.4) is 0 Å². The fourth-order valence-corrected chi connectivity index (χ4v) is 2.46. The minimum Gasteiger partial charge on any atom is -0.314 e. The standard InChI is InChI=1S/C15H21N3/c1-12-8-13(9-16)4-5-14(12)10-18-7-6-17-11-15(18,2)3/h4-5,8,17H,6-7,10-11H2,1-3H3. The summed E-state index contributed by atoms with van der Waals surface area (Å²) in [5.74, 6) is 0. The molecule has 1 saturated heterocycles. The highest BCUT2D eigenvalue weighted by Crippen LogP contribution is 2.21. The van der Waals surface area contributed by atoms with Crippen LogP contribution < -0.4 is 5.32 Å². The zero-order valence-corrected chi connectivity index (χ0v) is 11.5. The molecule has 96 valence electrons. The molecule has 3 nitrogen and oxygen atoms in total. The average molecular weight is 243 g/mol. The van der Waals surface area contributed by atoms with Crippen molar-refractivity contribution in [3.05, 3.63) is 34.9 Å². The third kappa shape index (κ3) is 2.72. The number of benzene rings is 1. The molecule has 1 N–H and O–H groups in total. The van der Waals surface area contributed by atoms with Crippen LogP contribution in [0.25, 0.3) is 0 Å². The second-order valence-corrected chi connectivity index (χ2v) is 5.66. The Morgan fingerprint density at radius 1 is 1.44 bits per heavy atom. The van der Waals surface area contributed by atoms with E-state index in [0.717, 1.165) is 31.7 Å². The molecule has 0 spiro atoms. The van der Waals surface area contributed by atoms with Gasteiger partial charge in [-0.05, 0) is 44.0 Å². The monoisotopic (exact) mass is 243 g/mol. The molecule has 0 amide bonds. The van der Waals surface area contributed by atoms with Gasteiger partial charge in [-0.1, -0.05) is 6.07 Å². The summed E-state index contributed by atoms with van der Waals surface area (Å²) in [4.78, 5) is 2.51.